The van der Waals surface area contributed by atoms with Crippen molar-refractivity contribution in [2.24, 2.45) is 0 Å². The first-order valence-electron chi connectivity index (χ1n) is 3.13. The molecule has 1 rings (SSSR count). The van der Waals surface area contributed by atoms with Crippen LogP contribution in [0.2, 0.25) is 0 Å². The van der Waals surface area contributed by atoms with Gasteiger partial charge in [0.05, 0.1) is 0 Å². The van der Waals surface area contributed by atoms with Crippen LogP contribution >= 0.6 is 0 Å². The summed E-state index contributed by atoms with van der Waals surface area (Å²) in [6.07, 6.45) is 0. The molecule has 0 fully saturated rings. The Morgan fingerprint density at radius 2 is 1.55 bits per heavy atom. The summed E-state index contributed by atoms with van der Waals surface area (Å²) < 4.78 is 0. The average molecular weight is 176 g/mol. The molecule has 4 heteroatoms. The molecule has 0 unspecified atom stereocenters. The predicted molar refractivity (Wildman–Crippen MR) is 41.0 cm³/mol. The second-order valence-electron chi connectivity index (χ2n) is 2.28. The van der Waals surface area contributed by atoms with Gasteiger partial charge in [-0.05, 0) is 12.4 Å². The topological polar surface area (TPSA) is 40.5 Å². The van der Waals surface area contributed by atoms with Crippen molar-refractivity contribution < 1.29 is 47.8 Å². The molecule has 0 amide bonds. The standard InChI is InChI=1S/C7H9BO2.Ar/c1-6-2-4-7(5-3-6)8(9)10;/h2-5,9-10H,1H3;. The predicted octanol–water partition coefficient (Wildman–Crippen LogP) is -0.325. The number of rotatable bonds is 1. The largest absolute Gasteiger partial charge is 0.488 e. The zero-order valence-electron chi connectivity index (χ0n) is 6.13. The van der Waals surface area contributed by atoms with E-state index in [0.717, 1.165) is 5.56 Å². The van der Waals surface area contributed by atoms with Crippen molar-refractivity contribution in [2.45, 2.75) is 6.92 Å². The van der Waals surface area contributed by atoms with Gasteiger partial charge in [-0.2, -0.15) is 0 Å². The van der Waals surface area contributed by atoms with Crippen LogP contribution in [0, 0.1) is 44.7 Å². The minimum atomic E-state index is -1.35. The van der Waals surface area contributed by atoms with E-state index in [2.05, 4.69) is 0 Å². The van der Waals surface area contributed by atoms with Crippen molar-refractivity contribution in [3.05, 3.63) is 29.8 Å². The monoisotopic (exact) mass is 176 g/mol. The summed E-state index contributed by atoms with van der Waals surface area (Å²) >= 11 is 0. The van der Waals surface area contributed by atoms with E-state index in [0.29, 0.717) is 5.46 Å². The van der Waals surface area contributed by atoms with Gasteiger partial charge < -0.3 is 10.0 Å². The van der Waals surface area contributed by atoms with E-state index >= 15 is 0 Å². The first kappa shape index (κ1) is 11.5. The zero-order chi connectivity index (χ0) is 7.56. The Balaban J connectivity index is 0.000001000. The van der Waals surface area contributed by atoms with Gasteiger partial charge in [-0.15, -0.1) is 0 Å². The second kappa shape index (κ2) is 5.17. The Morgan fingerprint density at radius 1 is 1.09 bits per heavy atom. The summed E-state index contributed by atoms with van der Waals surface area (Å²) in [7, 11) is -1.35. The third-order valence-corrected chi connectivity index (χ3v) is 1.38. The van der Waals surface area contributed by atoms with Gasteiger partial charge in [-0.25, -0.2) is 0 Å². The fourth-order valence-electron chi connectivity index (χ4n) is 0.739. The molecule has 0 aliphatic heterocycles. The van der Waals surface area contributed by atoms with Crippen molar-refractivity contribution in [3.63, 3.8) is 0 Å². The molecule has 0 aliphatic carbocycles. The molecule has 0 heterocycles. The van der Waals surface area contributed by atoms with Gasteiger partial charge >= 0.3 is 7.12 Å². The van der Waals surface area contributed by atoms with E-state index in [1.54, 1.807) is 12.1 Å². The van der Waals surface area contributed by atoms with Crippen LogP contribution in [0.25, 0.3) is 0 Å². The summed E-state index contributed by atoms with van der Waals surface area (Å²) in [4.78, 5) is 0. The molecular formula is C7H9ArBO2. The van der Waals surface area contributed by atoms with Crippen LogP contribution < -0.4 is 5.46 Å². The third kappa shape index (κ3) is 3.58. The molecule has 0 saturated heterocycles. The Bertz CT molecular complexity index is 210. The molecule has 60 valence electrons. The minimum absolute atomic E-state index is 0. The molecule has 0 radical (unpaired) electrons. The Morgan fingerprint density at radius 3 is 1.91 bits per heavy atom. The molecule has 0 bridgehead atoms. The van der Waals surface area contributed by atoms with Gasteiger partial charge in [0.25, 0.3) is 0 Å². The van der Waals surface area contributed by atoms with E-state index in [1.807, 2.05) is 19.1 Å². The molecule has 0 atom stereocenters. The van der Waals surface area contributed by atoms with Crippen LogP contribution in [-0.4, -0.2) is 17.2 Å². The van der Waals surface area contributed by atoms with Crippen molar-refractivity contribution >= 4 is 12.6 Å². The zero-order valence-corrected chi connectivity index (χ0v) is 6.84. The van der Waals surface area contributed by atoms with Gasteiger partial charge in [-0.1, -0.05) is 29.8 Å². The van der Waals surface area contributed by atoms with E-state index in [-0.39, 0.29) is 37.7 Å². The molecule has 0 spiro atoms. The summed E-state index contributed by atoms with van der Waals surface area (Å²) in [5.41, 5.74) is 1.65. The molecule has 1 aromatic carbocycles. The summed E-state index contributed by atoms with van der Waals surface area (Å²) in [6, 6.07) is 7.07. The van der Waals surface area contributed by atoms with E-state index in [1.165, 1.54) is 0 Å². The summed E-state index contributed by atoms with van der Waals surface area (Å²) in [5, 5.41) is 17.3. The SMILES string of the molecule is Cc1ccc(B(O)O)cc1.[Ar]. The average Bonchev–Trinajstić information content (AvgIpc) is 1.88. The van der Waals surface area contributed by atoms with Crippen molar-refractivity contribution in [1.82, 2.24) is 0 Å². The smallest absolute Gasteiger partial charge is 0.423 e. The molecule has 0 aliphatic rings. The summed E-state index contributed by atoms with van der Waals surface area (Å²) in [6.45, 7) is 1.95. The normalized spacial score (nSPS) is 8.64. The molecule has 2 N–H and O–H groups in total. The number of aryl methyl sites for hydroxylation is 1. The maximum Gasteiger partial charge on any atom is 0.488 e. The number of hydrogen-bond acceptors (Lipinski definition) is 2. The van der Waals surface area contributed by atoms with E-state index < -0.39 is 7.12 Å². The van der Waals surface area contributed by atoms with Crippen LogP contribution in [0.1, 0.15) is 5.56 Å². The molecule has 0 saturated carbocycles. The van der Waals surface area contributed by atoms with Crippen LogP contribution in [-0.2, 0) is 0 Å². The molecular weight excluding hydrogens is 167 g/mol. The van der Waals surface area contributed by atoms with Crippen LogP contribution in [0.3, 0.4) is 0 Å². The van der Waals surface area contributed by atoms with Crippen LogP contribution in [0.15, 0.2) is 24.3 Å². The van der Waals surface area contributed by atoms with E-state index in [4.69, 9.17) is 10.0 Å². The maximum absolute atomic E-state index is 8.67. The van der Waals surface area contributed by atoms with Gasteiger partial charge in [0.2, 0.25) is 0 Å². The third-order valence-electron chi connectivity index (χ3n) is 1.38. The van der Waals surface area contributed by atoms with Crippen LogP contribution in [0.5, 0.6) is 0 Å². The Hall–Kier alpha value is 0.465. The van der Waals surface area contributed by atoms with Crippen molar-refractivity contribution in [3.8, 4) is 0 Å². The Labute approximate surface area is 96.4 Å². The van der Waals surface area contributed by atoms with Gasteiger partial charge in [-0.3, -0.25) is 0 Å². The van der Waals surface area contributed by atoms with E-state index in [9.17, 15) is 0 Å². The molecule has 2 nitrogen and oxygen atoms in total. The van der Waals surface area contributed by atoms with Crippen molar-refractivity contribution in [1.29, 1.82) is 0 Å². The second-order valence-corrected chi connectivity index (χ2v) is 2.28. The van der Waals surface area contributed by atoms with Gasteiger partial charge in [0.1, 0.15) is 0 Å². The molecule has 0 aromatic heterocycles. The maximum atomic E-state index is 8.67. The van der Waals surface area contributed by atoms with Gasteiger partial charge in [0, 0.05) is 37.7 Å². The first-order chi connectivity index (χ1) is 4.70. The minimum Gasteiger partial charge on any atom is -0.423 e. The molecule has 11 heavy (non-hydrogen) atoms. The fraction of sp³-hybridized carbons (Fsp3) is 0.143. The summed E-state index contributed by atoms with van der Waals surface area (Å²) in [5.74, 6) is 0. The molecule has 1 aromatic rings. The first-order valence-corrected chi connectivity index (χ1v) is 3.13. The van der Waals surface area contributed by atoms with Crippen LogP contribution in [0.4, 0.5) is 0 Å². The number of benzene rings is 1. The van der Waals surface area contributed by atoms with Gasteiger partial charge in [0.15, 0.2) is 0 Å². The number of hydrogen-bond donors (Lipinski definition) is 2. The Kier molecular flexibility index (Phi) is 5.39. The quantitative estimate of drug-likeness (QED) is 0.575. The van der Waals surface area contributed by atoms with Crippen molar-refractivity contribution in [2.75, 3.05) is 0 Å². The fourth-order valence-corrected chi connectivity index (χ4v) is 0.739.